The van der Waals surface area contributed by atoms with Crippen LogP contribution in [0.5, 0.6) is 5.75 Å². The first-order chi connectivity index (χ1) is 16.5. The van der Waals surface area contributed by atoms with Gasteiger partial charge in [-0.15, -0.1) is 0 Å². The zero-order valence-electron chi connectivity index (χ0n) is 20.1. The summed E-state index contributed by atoms with van der Waals surface area (Å²) in [6.07, 6.45) is 0.671. The van der Waals surface area contributed by atoms with Crippen LogP contribution in [0.25, 0.3) is 0 Å². The molecule has 3 rings (SSSR count). The number of amides is 1. The normalized spacial score (nSPS) is 16.5. The summed E-state index contributed by atoms with van der Waals surface area (Å²) < 4.78 is 59.7. The first-order valence-corrected chi connectivity index (χ1v) is 14.3. The highest BCUT2D eigenvalue weighted by Gasteiger charge is 2.27. The highest BCUT2D eigenvalue weighted by molar-refractivity contribution is 7.89. The second-order valence-electron chi connectivity index (χ2n) is 8.47. The maximum absolute atomic E-state index is 12.8. The number of nitrogens with one attached hydrogen (secondary N) is 2. The molecular weight excluding hydrogens is 492 g/mol. The number of rotatable bonds is 10. The van der Waals surface area contributed by atoms with Crippen molar-refractivity contribution in [1.82, 2.24) is 13.9 Å². The van der Waals surface area contributed by atoms with Crippen molar-refractivity contribution in [1.29, 1.82) is 0 Å². The van der Waals surface area contributed by atoms with Gasteiger partial charge in [0.15, 0.2) is 6.61 Å². The van der Waals surface area contributed by atoms with Gasteiger partial charge in [-0.3, -0.25) is 4.79 Å². The van der Waals surface area contributed by atoms with Gasteiger partial charge in [0.05, 0.1) is 9.79 Å². The molecule has 1 amide bonds. The molecule has 1 fully saturated rings. The van der Waals surface area contributed by atoms with Gasteiger partial charge in [-0.05, 0) is 68.9 Å². The standard InChI is InChI=1S/C23H32N4O6S2/c1-4-18(2)25-34(29,30)21-11-7-20(8-12-21)33-17-23(28)24-19-5-9-22(10-6-19)35(31,32)27-15-13-26(3)14-16-27/h5-12,18,25H,4,13-17H2,1-3H3,(H,24,28)/t18-/m0/s1. The van der Waals surface area contributed by atoms with E-state index in [4.69, 9.17) is 4.74 Å². The molecule has 12 heteroatoms. The minimum Gasteiger partial charge on any atom is -0.484 e. The summed E-state index contributed by atoms with van der Waals surface area (Å²) in [6.45, 7) is 5.62. The van der Waals surface area contributed by atoms with Crippen LogP contribution in [0.3, 0.4) is 0 Å². The fourth-order valence-corrected chi connectivity index (χ4v) is 6.11. The lowest BCUT2D eigenvalue weighted by Gasteiger charge is -2.31. The zero-order chi connectivity index (χ0) is 25.6. The number of piperazine rings is 1. The van der Waals surface area contributed by atoms with Gasteiger partial charge in [0.25, 0.3) is 5.91 Å². The predicted molar refractivity (Wildman–Crippen MR) is 133 cm³/mol. The monoisotopic (exact) mass is 524 g/mol. The lowest BCUT2D eigenvalue weighted by Crippen LogP contribution is -2.46. The van der Waals surface area contributed by atoms with Crippen LogP contribution in [0.2, 0.25) is 0 Å². The molecule has 0 unspecified atom stereocenters. The first kappa shape index (κ1) is 27.1. The molecule has 1 aliphatic heterocycles. The summed E-state index contributed by atoms with van der Waals surface area (Å²) in [5.74, 6) is -0.0916. The summed E-state index contributed by atoms with van der Waals surface area (Å²) in [5.41, 5.74) is 0.438. The van der Waals surface area contributed by atoms with Crippen LogP contribution in [-0.4, -0.2) is 77.8 Å². The number of benzene rings is 2. The van der Waals surface area contributed by atoms with E-state index in [0.717, 1.165) is 0 Å². The van der Waals surface area contributed by atoms with Crippen LogP contribution in [0.1, 0.15) is 20.3 Å². The van der Waals surface area contributed by atoms with Crippen molar-refractivity contribution in [2.45, 2.75) is 36.1 Å². The zero-order valence-corrected chi connectivity index (χ0v) is 21.7. The Morgan fingerprint density at radius 1 is 0.943 bits per heavy atom. The third-order valence-electron chi connectivity index (χ3n) is 5.71. The van der Waals surface area contributed by atoms with Crippen molar-refractivity contribution in [3.05, 3.63) is 48.5 Å². The van der Waals surface area contributed by atoms with Crippen molar-refractivity contribution >= 4 is 31.6 Å². The van der Waals surface area contributed by atoms with Crippen molar-refractivity contribution in [2.24, 2.45) is 0 Å². The van der Waals surface area contributed by atoms with E-state index in [1.165, 1.54) is 52.8 Å². The SMILES string of the molecule is CC[C@H](C)NS(=O)(=O)c1ccc(OCC(=O)Nc2ccc(S(=O)(=O)N3CCN(C)CC3)cc2)cc1. The van der Waals surface area contributed by atoms with E-state index in [2.05, 4.69) is 14.9 Å². The number of sulfonamides is 2. The van der Waals surface area contributed by atoms with Gasteiger partial charge in [-0.25, -0.2) is 21.6 Å². The number of nitrogens with zero attached hydrogens (tertiary/aromatic N) is 2. The summed E-state index contributed by atoms with van der Waals surface area (Å²) >= 11 is 0. The lowest BCUT2D eigenvalue weighted by molar-refractivity contribution is -0.118. The number of ether oxygens (including phenoxy) is 1. The second kappa shape index (κ2) is 11.5. The van der Waals surface area contributed by atoms with Gasteiger partial charge in [-0.2, -0.15) is 4.31 Å². The predicted octanol–water partition coefficient (Wildman–Crippen LogP) is 1.72. The Kier molecular flexibility index (Phi) is 8.89. The van der Waals surface area contributed by atoms with Gasteiger partial charge in [0.1, 0.15) is 5.75 Å². The van der Waals surface area contributed by atoms with Crippen LogP contribution in [0.15, 0.2) is 58.3 Å². The molecule has 0 aromatic heterocycles. The summed E-state index contributed by atoms with van der Waals surface area (Å²) in [4.78, 5) is 14.6. The molecule has 1 heterocycles. The molecule has 0 radical (unpaired) electrons. The highest BCUT2D eigenvalue weighted by atomic mass is 32.2. The van der Waals surface area contributed by atoms with Crippen molar-refractivity contribution in [2.75, 3.05) is 45.2 Å². The topological polar surface area (TPSA) is 125 Å². The van der Waals surface area contributed by atoms with Crippen LogP contribution in [-0.2, 0) is 24.8 Å². The minimum atomic E-state index is -3.62. The smallest absolute Gasteiger partial charge is 0.262 e. The number of anilines is 1. The Labute approximate surface area is 207 Å². The molecule has 2 N–H and O–H groups in total. The van der Waals surface area contributed by atoms with Crippen molar-refractivity contribution in [3.8, 4) is 5.75 Å². The molecule has 192 valence electrons. The largest absolute Gasteiger partial charge is 0.484 e. The second-order valence-corrected chi connectivity index (χ2v) is 12.1. The van der Waals surface area contributed by atoms with Gasteiger partial charge in [0.2, 0.25) is 20.0 Å². The number of carbonyl (C=O) groups excluding carboxylic acids is 1. The Morgan fingerprint density at radius 2 is 1.51 bits per heavy atom. The average Bonchev–Trinajstić information content (AvgIpc) is 2.83. The van der Waals surface area contributed by atoms with Crippen LogP contribution < -0.4 is 14.8 Å². The quantitative estimate of drug-likeness (QED) is 0.485. The van der Waals surface area contributed by atoms with Crippen molar-refractivity contribution < 1.29 is 26.4 Å². The third kappa shape index (κ3) is 7.24. The molecule has 1 saturated heterocycles. The van der Waals surface area contributed by atoms with E-state index >= 15 is 0 Å². The van der Waals surface area contributed by atoms with Gasteiger partial charge in [0, 0.05) is 37.9 Å². The number of hydrogen-bond donors (Lipinski definition) is 2. The van der Waals surface area contributed by atoms with Crippen LogP contribution in [0.4, 0.5) is 5.69 Å². The molecule has 10 nitrogen and oxygen atoms in total. The van der Waals surface area contributed by atoms with E-state index in [9.17, 15) is 21.6 Å². The third-order valence-corrected chi connectivity index (χ3v) is 9.23. The van der Waals surface area contributed by atoms with Crippen LogP contribution >= 0.6 is 0 Å². The summed E-state index contributed by atoms with van der Waals surface area (Å²) in [6, 6.07) is 11.6. The van der Waals surface area contributed by atoms with E-state index in [1.807, 2.05) is 14.0 Å². The molecule has 2 aromatic rings. The minimum absolute atomic E-state index is 0.112. The Morgan fingerprint density at radius 3 is 2.09 bits per heavy atom. The van der Waals surface area contributed by atoms with Gasteiger partial charge < -0.3 is 15.0 Å². The Balaban J connectivity index is 1.53. The Hall–Kier alpha value is -2.51. The Bertz CT molecular complexity index is 1210. The number of carbonyl (C=O) groups is 1. The summed E-state index contributed by atoms with van der Waals surface area (Å²) in [7, 11) is -5.24. The lowest BCUT2D eigenvalue weighted by atomic mass is 10.3. The summed E-state index contributed by atoms with van der Waals surface area (Å²) in [5, 5.41) is 2.65. The van der Waals surface area contributed by atoms with E-state index in [1.54, 1.807) is 6.92 Å². The maximum atomic E-state index is 12.8. The van der Waals surface area contributed by atoms with Gasteiger partial charge in [-0.1, -0.05) is 6.92 Å². The molecule has 1 atom stereocenters. The molecular formula is C23H32N4O6S2. The molecule has 35 heavy (non-hydrogen) atoms. The molecule has 0 aliphatic carbocycles. The van der Waals surface area contributed by atoms with Crippen LogP contribution in [0, 0.1) is 0 Å². The first-order valence-electron chi connectivity index (χ1n) is 11.3. The fraction of sp³-hybridized carbons (Fsp3) is 0.435. The molecule has 0 spiro atoms. The van der Waals surface area contributed by atoms with E-state index < -0.39 is 26.0 Å². The highest BCUT2D eigenvalue weighted by Crippen LogP contribution is 2.20. The number of hydrogen-bond acceptors (Lipinski definition) is 7. The number of likely N-dealkylation sites (N-methyl/N-ethyl adjacent to an activating group) is 1. The molecule has 0 saturated carbocycles. The fourth-order valence-electron chi connectivity index (χ4n) is 3.36. The van der Waals surface area contributed by atoms with E-state index in [0.29, 0.717) is 44.0 Å². The average molecular weight is 525 g/mol. The van der Waals surface area contributed by atoms with Crippen molar-refractivity contribution in [3.63, 3.8) is 0 Å². The maximum Gasteiger partial charge on any atom is 0.262 e. The molecule has 2 aromatic carbocycles. The van der Waals surface area contributed by atoms with Gasteiger partial charge >= 0.3 is 0 Å². The molecule has 0 bridgehead atoms. The molecule has 1 aliphatic rings. The van der Waals surface area contributed by atoms with E-state index in [-0.39, 0.29) is 22.4 Å².